The molecule has 0 saturated carbocycles. The molecule has 0 spiro atoms. The first-order valence-electron chi connectivity index (χ1n) is 11.4. The van der Waals surface area contributed by atoms with E-state index >= 15 is 0 Å². The van der Waals surface area contributed by atoms with Gasteiger partial charge in [0.1, 0.15) is 10.6 Å². The number of carbonyl (C=O) groups is 3. The van der Waals surface area contributed by atoms with Crippen molar-refractivity contribution in [3.63, 3.8) is 0 Å². The number of hydrogen-bond acceptors (Lipinski definition) is 8. The first kappa shape index (κ1) is 26.5. The van der Waals surface area contributed by atoms with Crippen LogP contribution in [0.25, 0.3) is 0 Å². The molecule has 1 amide bonds. The van der Waals surface area contributed by atoms with Gasteiger partial charge in [0.25, 0.3) is 15.9 Å². The Kier molecular flexibility index (Phi) is 7.53. The van der Waals surface area contributed by atoms with Crippen LogP contribution in [-0.2, 0) is 21.2 Å². The van der Waals surface area contributed by atoms with Gasteiger partial charge in [0.2, 0.25) is 12.9 Å². The number of aryl methyl sites for hydroxylation is 1. The van der Waals surface area contributed by atoms with Crippen LogP contribution in [0.15, 0.2) is 65.6 Å². The second kappa shape index (κ2) is 10.8. The fourth-order valence-electron chi connectivity index (χ4n) is 3.89. The van der Waals surface area contributed by atoms with Crippen molar-refractivity contribution in [1.29, 1.82) is 0 Å². The molecule has 0 aromatic heterocycles. The zero-order valence-electron chi connectivity index (χ0n) is 20.0. The number of hydrogen-bond donors (Lipinski definition) is 3. The second-order valence-electron chi connectivity index (χ2n) is 8.26. The highest BCUT2D eigenvalue weighted by Gasteiger charge is 2.32. The highest BCUT2D eigenvalue weighted by molar-refractivity contribution is 7.90. The predicted octanol–water partition coefficient (Wildman–Crippen LogP) is 3.39. The number of ether oxygens (including phenoxy) is 3. The minimum absolute atomic E-state index is 0.0257. The van der Waals surface area contributed by atoms with Gasteiger partial charge in [0.15, 0.2) is 11.5 Å². The summed E-state index contributed by atoms with van der Waals surface area (Å²) in [5.74, 6) is -2.80. The molecule has 3 aromatic rings. The molecule has 1 heterocycles. The normalized spacial score (nSPS) is 13.0. The van der Waals surface area contributed by atoms with Gasteiger partial charge in [-0.3, -0.25) is 4.79 Å². The van der Waals surface area contributed by atoms with Gasteiger partial charge in [-0.25, -0.2) is 22.7 Å². The molecule has 0 fully saturated rings. The van der Waals surface area contributed by atoms with Gasteiger partial charge in [0, 0.05) is 5.56 Å². The topological polar surface area (TPSA) is 166 Å². The van der Waals surface area contributed by atoms with Gasteiger partial charge in [-0.1, -0.05) is 31.5 Å². The molecule has 4 rings (SSSR count). The van der Waals surface area contributed by atoms with Gasteiger partial charge < -0.3 is 24.4 Å². The van der Waals surface area contributed by atoms with Gasteiger partial charge in [0.05, 0.1) is 11.1 Å². The van der Waals surface area contributed by atoms with E-state index in [1.165, 1.54) is 48.5 Å². The number of fused-ring (bicyclic) bond motifs is 1. The fourth-order valence-corrected chi connectivity index (χ4v) is 5.07. The number of sulfonamides is 1. The van der Waals surface area contributed by atoms with Crippen LogP contribution in [0.1, 0.15) is 51.3 Å². The molecule has 0 saturated heterocycles. The average molecular weight is 542 g/mol. The van der Waals surface area contributed by atoms with Crippen molar-refractivity contribution in [2.45, 2.75) is 30.8 Å². The maximum atomic E-state index is 13.4. The van der Waals surface area contributed by atoms with Crippen molar-refractivity contribution in [1.82, 2.24) is 4.72 Å². The van der Waals surface area contributed by atoms with E-state index in [-0.39, 0.29) is 23.7 Å². The summed E-state index contributed by atoms with van der Waals surface area (Å²) in [4.78, 5) is 35.9. The van der Waals surface area contributed by atoms with E-state index in [9.17, 15) is 33.0 Å². The highest BCUT2D eigenvalue weighted by atomic mass is 32.2. The first-order chi connectivity index (χ1) is 18.1. The van der Waals surface area contributed by atoms with Crippen LogP contribution in [0.2, 0.25) is 0 Å². The van der Waals surface area contributed by atoms with Crippen LogP contribution in [0, 0.1) is 0 Å². The van der Waals surface area contributed by atoms with E-state index in [1.807, 2.05) is 11.6 Å². The number of nitrogens with one attached hydrogen (secondary N) is 1. The molecular formula is C26H23NO10S. The summed E-state index contributed by atoms with van der Waals surface area (Å²) in [6.45, 7) is 1.85. The number of rotatable bonds is 10. The summed E-state index contributed by atoms with van der Waals surface area (Å²) in [6, 6.07) is 13.5. The maximum Gasteiger partial charge on any atom is 0.337 e. The van der Waals surface area contributed by atoms with E-state index in [2.05, 4.69) is 0 Å². The number of aromatic carboxylic acids is 2. The summed E-state index contributed by atoms with van der Waals surface area (Å²) >= 11 is 0. The second-order valence-corrected chi connectivity index (χ2v) is 9.91. The highest BCUT2D eigenvalue weighted by Crippen LogP contribution is 2.36. The third kappa shape index (κ3) is 5.54. The molecule has 0 aliphatic carbocycles. The number of benzene rings is 3. The monoisotopic (exact) mass is 541 g/mol. The fraction of sp³-hybridized carbons (Fsp3) is 0.192. The van der Waals surface area contributed by atoms with Crippen LogP contribution in [0.4, 0.5) is 0 Å². The summed E-state index contributed by atoms with van der Waals surface area (Å²) in [7, 11) is -4.62. The summed E-state index contributed by atoms with van der Waals surface area (Å²) < 4.78 is 44.8. The first-order valence-corrected chi connectivity index (χ1v) is 12.9. The molecule has 1 aliphatic heterocycles. The SMILES string of the molecule is CCCc1cc(C(=O)O)ccc1OC(C(=O)NS(=O)(=O)c1ccccc1C(=O)O)c1ccc2c(c1)OCO2. The molecular weight excluding hydrogens is 518 g/mol. The number of carboxylic acid groups (broad SMARTS) is 2. The molecule has 1 unspecified atom stereocenters. The third-order valence-electron chi connectivity index (χ3n) is 5.65. The summed E-state index contributed by atoms with van der Waals surface area (Å²) in [6.07, 6.45) is -0.473. The lowest BCUT2D eigenvalue weighted by Crippen LogP contribution is -2.37. The lowest BCUT2D eigenvalue weighted by atomic mass is 10.0. The van der Waals surface area contributed by atoms with Crippen molar-refractivity contribution in [3.05, 3.63) is 82.9 Å². The third-order valence-corrected chi connectivity index (χ3v) is 7.06. The standard InChI is InChI=1S/C26H23NO10S/c1-2-5-15-12-17(25(29)30)9-10-19(15)37-23(16-8-11-20-21(13-16)36-14-35-20)24(28)27-38(33,34)22-7-4-3-6-18(22)26(31)32/h3-4,6-13,23H,2,5,14H2,1H3,(H,27,28)(H,29,30)(H,31,32). The Morgan fingerprint density at radius 3 is 2.42 bits per heavy atom. The molecule has 198 valence electrons. The summed E-state index contributed by atoms with van der Waals surface area (Å²) in [5, 5.41) is 18.8. The molecule has 38 heavy (non-hydrogen) atoms. The van der Waals surface area contributed by atoms with Gasteiger partial charge >= 0.3 is 11.9 Å². The predicted molar refractivity (Wildman–Crippen MR) is 132 cm³/mol. The van der Waals surface area contributed by atoms with Crippen LogP contribution >= 0.6 is 0 Å². The minimum Gasteiger partial charge on any atom is -0.478 e. The largest absolute Gasteiger partial charge is 0.478 e. The molecule has 0 radical (unpaired) electrons. The van der Waals surface area contributed by atoms with Crippen molar-refractivity contribution in [2.24, 2.45) is 0 Å². The molecule has 0 bridgehead atoms. The van der Waals surface area contributed by atoms with Gasteiger partial charge in [-0.2, -0.15) is 0 Å². The Labute approximate surface area is 217 Å². The van der Waals surface area contributed by atoms with Crippen molar-refractivity contribution in [2.75, 3.05) is 6.79 Å². The smallest absolute Gasteiger partial charge is 0.337 e. The Bertz CT molecular complexity index is 1520. The summed E-state index contributed by atoms with van der Waals surface area (Å²) in [5.41, 5.74) is 0.240. The molecule has 1 atom stereocenters. The molecule has 3 aromatic carbocycles. The minimum atomic E-state index is -4.62. The quantitative estimate of drug-likeness (QED) is 0.346. The lowest BCUT2D eigenvalue weighted by molar-refractivity contribution is -0.126. The zero-order valence-corrected chi connectivity index (χ0v) is 20.9. The van der Waals surface area contributed by atoms with E-state index in [4.69, 9.17) is 14.2 Å². The van der Waals surface area contributed by atoms with Crippen LogP contribution in [-0.4, -0.2) is 43.3 Å². The number of carbonyl (C=O) groups excluding carboxylic acids is 1. The van der Waals surface area contributed by atoms with Crippen LogP contribution < -0.4 is 18.9 Å². The van der Waals surface area contributed by atoms with E-state index in [0.29, 0.717) is 29.9 Å². The van der Waals surface area contributed by atoms with E-state index < -0.39 is 44.4 Å². The van der Waals surface area contributed by atoms with E-state index in [0.717, 1.165) is 12.1 Å². The molecule has 1 aliphatic rings. The molecule has 11 nitrogen and oxygen atoms in total. The Hall–Kier alpha value is -4.58. The maximum absolute atomic E-state index is 13.4. The number of carboxylic acids is 2. The van der Waals surface area contributed by atoms with Gasteiger partial charge in [-0.05, 0) is 54.4 Å². The zero-order chi connectivity index (χ0) is 27.4. The average Bonchev–Trinajstić information content (AvgIpc) is 3.35. The Morgan fingerprint density at radius 2 is 1.71 bits per heavy atom. The van der Waals surface area contributed by atoms with Gasteiger partial charge in [-0.15, -0.1) is 0 Å². The molecule has 12 heteroatoms. The Balaban J connectivity index is 1.74. The van der Waals surface area contributed by atoms with Crippen LogP contribution in [0.5, 0.6) is 17.2 Å². The lowest BCUT2D eigenvalue weighted by Gasteiger charge is -2.21. The number of amides is 1. The Morgan fingerprint density at radius 1 is 0.974 bits per heavy atom. The van der Waals surface area contributed by atoms with Crippen molar-refractivity contribution in [3.8, 4) is 17.2 Å². The molecule has 3 N–H and O–H groups in total. The van der Waals surface area contributed by atoms with Crippen molar-refractivity contribution < 1.29 is 47.2 Å². The van der Waals surface area contributed by atoms with E-state index in [1.54, 1.807) is 0 Å². The van der Waals surface area contributed by atoms with Crippen molar-refractivity contribution >= 4 is 27.9 Å². The van der Waals surface area contributed by atoms with Crippen LogP contribution in [0.3, 0.4) is 0 Å².